The van der Waals surface area contributed by atoms with Crippen LogP contribution < -0.4 is 10.3 Å². The molecule has 0 spiro atoms. The molecule has 0 aromatic heterocycles. The molecular formula is C16H22N4O4. The number of carbonyl (C=O) groups excluding carboxylic acids is 1. The number of carbonyl (C=O) groups is 1. The van der Waals surface area contributed by atoms with Crippen LogP contribution in [0, 0.1) is 10.1 Å². The van der Waals surface area contributed by atoms with Gasteiger partial charge in [0.25, 0.3) is 5.69 Å². The third-order valence-corrected chi connectivity index (χ3v) is 3.86. The van der Waals surface area contributed by atoms with E-state index in [0.717, 1.165) is 32.4 Å². The smallest absolute Gasteiger partial charge is 0.293 e. The van der Waals surface area contributed by atoms with Gasteiger partial charge in [-0.05, 0) is 31.7 Å². The van der Waals surface area contributed by atoms with E-state index in [0.29, 0.717) is 17.7 Å². The highest BCUT2D eigenvalue weighted by Crippen LogP contribution is 2.30. The third-order valence-electron chi connectivity index (χ3n) is 3.86. The molecule has 2 rings (SSSR count). The van der Waals surface area contributed by atoms with Crippen LogP contribution in [-0.2, 0) is 4.79 Å². The van der Waals surface area contributed by atoms with Gasteiger partial charge in [-0.3, -0.25) is 14.9 Å². The van der Waals surface area contributed by atoms with Gasteiger partial charge in [-0.15, -0.1) is 0 Å². The first kappa shape index (κ1) is 17.9. The first-order chi connectivity index (χ1) is 11.6. The molecule has 0 bridgehead atoms. The first-order valence-corrected chi connectivity index (χ1v) is 8.08. The minimum absolute atomic E-state index is 0.0486. The molecule has 1 saturated heterocycles. The molecule has 8 heteroatoms. The highest BCUT2D eigenvalue weighted by atomic mass is 16.6. The van der Waals surface area contributed by atoms with Crippen molar-refractivity contribution < 1.29 is 14.8 Å². The number of hydrogen-bond donors (Lipinski definition) is 2. The molecule has 1 aliphatic heterocycles. The molecule has 24 heavy (non-hydrogen) atoms. The average molecular weight is 334 g/mol. The van der Waals surface area contributed by atoms with Crippen LogP contribution in [0.2, 0.25) is 0 Å². The lowest BCUT2D eigenvalue weighted by Crippen LogP contribution is -2.29. The summed E-state index contributed by atoms with van der Waals surface area (Å²) in [5.74, 6) is -0.306. The number of nitro benzene ring substituents is 1. The molecular weight excluding hydrogens is 312 g/mol. The topological polar surface area (TPSA) is 108 Å². The maximum Gasteiger partial charge on any atom is 0.293 e. The monoisotopic (exact) mass is 334 g/mol. The fourth-order valence-corrected chi connectivity index (χ4v) is 2.64. The zero-order valence-electron chi connectivity index (χ0n) is 13.5. The number of hydrogen-bond acceptors (Lipinski definition) is 6. The Kier molecular flexibility index (Phi) is 6.68. The number of amides is 1. The van der Waals surface area contributed by atoms with Crippen molar-refractivity contribution in [2.45, 2.75) is 32.1 Å². The van der Waals surface area contributed by atoms with Gasteiger partial charge in [0.1, 0.15) is 5.69 Å². The minimum atomic E-state index is -0.388. The van der Waals surface area contributed by atoms with Crippen LogP contribution in [0.4, 0.5) is 11.4 Å². The molecule has 1 amide bonds. The number of aliphatic hydroxyl groups excluding tert-OH is 1. The van der Waals surface area contributed by atoms with Gasteiger partial charge in [0.05, 0.1) is 11.1 Å². The maximum absolute atomic E-state index is 11.4. The fourth-order valence-electron chi connectivity index (χ4n) is 2.64. The van der Waals surface area contributed by atoms with E-state index in [2.05, 4.69) is 10.5 Å². The Bertz CT molecular complexity index is 612. The molecule has 1 heterocycles. The Balaban J connectivity index is 2.07. The molecule has 0 atom stereocenters. The van der Waals surface area contributed by atoms with Crippen molar-refractivity contribution in [1.82, 2.24) is 5.43 Å². The normalized spacial score (nSPS) is 14.8. The molecule has 1 aliphatic rings. The molecule has 1 fully saturated rings. The predicted octanol–water partition coefficient (Wildman–Crippen LogP) is 1.81. The molecule has 1 aromatic rings. The second kappa shape index (κ2) is 8.97. The zero-order valence-corrected chi connectivity index (χ0v) is 13.5. The van der Waals surface area contributed by atoms with Crippen molar-refractivity contribution in [2.24, 2.45) is 5.10 Å². The van der Waals surface area contributed by atoms with Gasteiger partial charge in [-0.1, -0.05) is 6.07 Å². The van der Waals surface area contributed by atoms with Crippen LogP contribution in [0.1, 0.15) is 37.7 Å². The lowest BCUT2D eigenvalue weighted by molar-refractivity contribution is -0.384. The maximum atomic E-state index is 11.4. The van der Waals surface area contributed by atoms with E-state index >= 15 is 0 Å². The van der Waals surface area contributed by atoms with Crippen LogP contribution in [0.15, 0.2) is 23.3 Å². The van der Waals surface area contributed by atoms with E-state index in [-0.39, 0.29) is 29.5 Å². The van der Waals surface area contributed by atoms with E-state index in [9.17, 15) is 14.9 Å². The summed E-state index contributed by atoms with van der Waals surface area (Å²) in [4.78, 5) is 24.4. The Morgan fingerprint density at radius 2 is 2.12 bits per heavy atom. The van der Waals surface area contributed by atoms with Crippen molar-refractivity contribution in [2.75, 3.05) is 24.6 Å². The molecule has 8 nitrogen and oxygen atoms in total. The number of nitrogens with zero attached hydrogens (tertiary/aromatic N) is 3. The van der Waals surface area contributed by atoms with Gasteiger partial charge in [0.2, 0.25) is 5.91 Å². The molecule has 2 N–H and O–H groups in total. The molecule has 0 radical (unpaired) electrons. The van der Waals surface area contributed by atoms with E-state index in [4.69, 9.17) is 5.11 Å². The van der Waals surface area contributed by atoms with E-state index < -0.39 is 0 Å². The van der Waals surface area contributed by atoms with E-state index in [1.165, 1.54) is 12.3 Å². The fraction of sp³-hybridized carbons (Fsp3) is 0.500. The van der Waals surface area contributed by atoms with Gasteiger partial charge in [-0.2, -0.15) is 5.10 Å². The number of benzene rings is 1. The molecule has 1 aromatic carbocycles. The Morgan fingerprint density at radius 1 is 1.38 bits per heavy atom. The second-order valence-electron chi connectivity index (χ2n) is 5.67. The van der Waals surface area contributed by atoms with Crippen molar-refractivity contribution in [3.63, 3.8) is 0 Å². The summed E-state index contributed by atoms with van der Waals surface area (Å²) < 4.78 is 0. The van der Waals surface area contributed by atoms with Crippen LogP contribution in [0.5, 0.6) is 0 Å². The van der Waals surface area contributed by atoms with Gasteiger partial charge in [0, 0.05) is 37.7 Å². The standard InChI is InChI=1S/C16H22N4O4/c21-10-4-5-16(22)18-17-12-13-6-7-14(15(11-13)20(23)24)19-8-2-1-3-9-19/h6-7,11-12,21H,1-5,8-10H2,(H,18,22)/b17-12+. The first-order valence-electron chi connectivity index (χ1n) is 8.08. The summed E-state index contributed by atoms with van der Waals surface area (Å²) in [6.45, 7) is 1.60. The van der Waals surface area contributed by atoms with Crippen LogP contribution >= 0.6 is 0 Å². The molecule has 0 aliphatic carbocycles. The largest absolute Gasteiger partial charge is 0.396 e. The highest BCUT2D eigenvalue weighted by Gasteiger charge is 2.21. The van der Waals surface area contributed by atoms with Crippen LogP contribution in [0.25, 0.3) is 0 Å². The van der Waals surface area contributed by atoms with Crippen molar-refractivity contribution >= 4 is 23.5 Å². The summed E-state index contributed by atoms with van der Waals surface area (Å²) in [6.07, 6.45) is 5.18. The van der Waals surface area contributed by atoms with Gasteiger partial charge >= 0.3 is 0 Å². The molecule has 130 valence electrons. The number of piperidine rings is 1. The molecule has 0 unspecified atom stereocenters. The quantitative estimate of drug-likeness (QED) is 0.449. The third kappa shape index (κ3) is 5.02. The number of rotatable bonds is 7. The highest BCUT2D eigenvalue weighted by molar-refractivity contribution is 5.84. The minimum Gasteiger partial charge on any atom is -0.396 e. The Hall–Kier alpha value is -2.48. The van der Waals surface area contributed by atoms with Crippen molar-refractivity contribution in [3.8, 4) is 0 Å². The Labute approximate surface area is 140 Å². The van der Waals surface area contributed by atoms with Crippen molar-refractivity contribution in [3.05, 3.63) is 33.9 Å². The number of aliphatic hydroxyl groups is 1. The summed E-state index contributed by atoms with van der Waals surface area (Å²) in [6, 6.07) is 4.95. The van der Waals surface area contributed by atoms with Gasteiger partial charge in [-0.25, -0.2) is 5.43 Å². The summed E-state index contributed by atoms with van der Waals surface area (Å²) in [5, 5.41) is 23.8. The predicted molar refractivity (Wildman–Crippen MR) is 91.2 cm³/mol. The average Bonchev–Trinajstić information content (AvgIpc) is 2.60. The lowest BCUT2D eigenvalue weighted by Gasteiger charge is -2.28. The van der Waals surface area contributed by atoms with Crippen LogP contribution in [0.3, 0.4) is 0 Å². The summed E-state index contributed by atoms with van der Waals surface area (Å²) >= 11 is 0. The van der Waals surface area contributed by atoms with Gasteiger partial charge < -0.3 is 10.0 Å². The van der Waals surface area contributed by atoms with E-state index in [1.54, 1.807) is 12.1 Å². The lowest BCUT2D eigenvalue weighted by atomic mass is 10.1. The Morgan fingerprint density at radius 3 is 2.79 bits per heavy atom. The second-order valence-corrected chi connectivity index (χ2v) is 5.67. The summed E-state index contributed by atoms with van der Waals surface area (Å²) in [5.41, 5.74) is 3.56. The van der Waals surface area contributed by atoms with Gasteiger partial charge in [0.15, 0.2) is 0 Å². The molecule has 0 saturated carbocycles. The number of anilines is 1. The number of nitrogens with one attached hydrogen (secondary N) is 1. The SMILES string of the molecule is O=C(CCCO)N/N=C/c1ccc(N2CCCCC2)c([N+](=O)[O-])c1. The van der Waals surface area contributed by atoms with Crippen molar-refractivity contribution in [1.29, 1.82) is 0 Å². The van der Waals surface area contributed by atoms with E-state index in [1.807, 2.05) is 4.90 Å². The number of hydrazone groups is 1. The summed E-state index contributed by atoms with van der Waals surface area (Å²) in [7, 11) is 0. The number of nitro groups is 1. The zero-order chi connectivity index (χ0) is 17.4. The van der Waals surface area contributed by atoms with Crippen LogP contribution in [-0.4, -0.2) is 41.8 Å².